The van der Waals surface area contributed by atoms with Gasteiger partial charge in [0, 0.05) is 7.11 Å². The Balaban J connectivity index is 2.98. The van der Waals surface area contributed by atoms with Crippen LogP contribution in [0.5, 0.6) is 0 Å². The fourth-order valence-corrected chi connectivity index (χ4v) is 2.40. The Morgan fingerprint density at radius 3 is 2.44 bits per heavy atom. The van der Waals surface area contributed by atoms with E-state index in [1.807, 2.05) is 18.2 Å². The van der Waals surface area contributed by atoms with Gasteiger partial charge < -0.3 is 10.1 Å². The summed E-state index contributed by atoms with van der Waals surface area (Å²) in [4.78, 5) is 0. The fraction of sp³-hybridized carbons (Fsp3) is 0.571. The third-order valence-electron chi connectivity index (χ3n) is 2.97. The summed E-state index contributed by atoms with van der Waals surface area (Å²) in [6, 6.07) is 5.90. The molecule has 0 bridgehead atoms. The molecule has 0 aliphatic rings. The molecule has 0 amide bonds. The molecular formula is C14H21Cl2NO. The highest BCUT2D eigenvalue weighted by atomic mass is 35.5. The van der Waals surface area contributed by atoms with Crippen LogP contribution in [0.4, 0.5) is 0 Å². The lowest BCUT2D eigenvalue weighted by atomic mass is 9.98. The van der Waals surface area contributed by atoms with E-state index < -0.39 is 0 Å². The second kappa shape index (κ2) is 8.00. The van der Waals surface area contributed by atoms with Crippen LogP contribution < -0.4 is 5.32 Å². The van der Waals surface area contributed by atoms with Gasteiger partial charge in [-0.25, -0.2) is 0 Å². The molecule has 0 aliphatic carbocycles. The fourth-order valence-electron chi connectivity index (χ4n) is 2.09. The summed E-state index contributed by atoms with van der Waals surface area (Å²) in [6.45, 7) is 5.13. The predicted molar refractivity (Wildman–Crippen MR) is 78.6 cm³/mol. The summed E-state index contributed by atoms with van der Waals surface area (Å²) in [5, 5.41) is 4.62. The molecule has 102 valence electrons. The molecule has 1 aromatic carbocycles. The maximum absolute atomic E-state index is 6.08. The topological polar surface area (TPSA) is 21.3 Å². The van der Waals surface area contributed by atoms with Crippen LogP contribution in [0, 0.1) is 0 Å². The molecule has 0 spiro atoms. The minimum Gasteiger partial charge on any atom is -0.379 e. The van der Waals surface area contributed by atoms with E-state index in [2.05, 4.69) is 19.2 Å². The van der Waals surface area contributed by atoms with Gasteiger partial charge in [-0.1, -0.05) is 49.5 Å². The van der Waals surface area contributed by atoms with Crippen molar-refractivity contribution in [2.45, 2.75) is 38.8 Å². The highest BCUT2D eigenvalue weighted by molar-refractivity contribution is 6.42. The minimum atomic E-state index is 0.146. The Bertz CT molecular complexity index is 371. The van der Waals surface area contributed by atoms with Crippen molar-refractivity contribution in [2.75, 3.05) is 13.7 Å². The number of ether oxygens (including phenoxy) is 1. The molecule has 0 heterocycles. The Kier molecular flexibility index (Phi) is 7.02. The summed E-state index contributed by atoms with van der Waals surface area (Å²) in [6.07, 6.45) is 2.24. The Labute approximate surface area is 120 Å². The highest BCUT2D eigenvalue weighted by Gasteiger charge is 2.22. The molecule has 1 N–H and O–H groups in total. The monoisotopic (exact) mass is 289 g/mol. The van der Waals surface area contributed by atoms with Crippen LogP contribution in [-0.2, 0) is 4.74 Å². The smallest absolute Gasteiger partial charge is 0.0765 e. The van der Waals surface area contributed by atoms with Gasteiger partial charge >= 0.3 is 0 Å². The maximum Gasteiger partial charge on any atom is 0.0765 e. The Morgan fingerprint density at radius 1 is 1.22 bits per heavy atom. The quantitative estimate of drug-likeness (QED) is 0.800. The molecule has 1 aromatic rings. The first-order valence-corrected chi connectivity index (χ1v) is 7.10. The zero-order chi connectivity index (χ0) is 13.5. The molecule has 0 fully saturated rings. The van der Waals surface area contributed by atoms with Gasteiger partial charge in [0.25, 0.3) is 0 Å². The van der Waals surface area contributed by atoms with Gasteiger partial charge in [-0.3, -0.25) is 0 Å². The van der Waals surface area contributed by atoms with Crippen LogP contribution in [0.15, 0.2) is 18.2 Å². The number of likely N-dealkylation sites (N-methyl/N-ethyl adjacent to an activating group) is 1. The van der Waals surface area contributed by atoms with E-state index in [0.717, 1.165) is 24.9 Å². The molecule has 0 radical (unpaired) electrons. The van der Waals surface area contributed by atoms with Gasteiger partial charge in [0.15, 0.2) is 0 Å². The van der Waals surface area contributed by atoms with E-state index in [4.69, 9.17) is 27.9 Å². The van der Waals surface area contributed by atoms with E-state index >= 15 is 0 Å². The average Bonchev–Trinajstić information content (AvgIpc) is 2.37. The zero-order valence-corrected chi connectivity index (χ0v) is 12.7. The lowest BCUT2D eigenvalue weighted by Crippen LogP contribution is -2.33. The van der Waals surface area contributed by atoms with Gasteiger partial charge in [-0.05, 0) is 30.7 Å². The Hall–Kier alpha value is -0.280. The molecular weight excluding hydrogens is 269 g/mol. The molecule has 18 heavy (non-hydrogen) atoms. The largest absolute Gasteiger partial charge is 0.379 e. The molecule has 2 unspecified atom stereocenters. The lowest BCUT2D eigenvalue weighted by molar-refractivity contribution is 0.0611. The van der Waals surface area contributed by atoms with Crippen LogP contribution in [0.25, 0.3) is 0 Å². The van der Waals surface area contributed by atoms with Crippen molar-refractivity contribution in [3.05, 3.63) is 33.8 Å². The molecule has 2 atom stereocenters. The van der Waals surface area contributed by atoms with Gasteiger partial charge in [0.1, 0.15) is 0 Å². The molecule has 1 rings (SSSR count). The SMILES string of the molecule is CCCC(OC)C(NCC)c1ccc(Cl)c(Cl)c1. The van der Waals surface area contributed by atoms with Gasteiger partial charge in [0.2, 0.25) is 0 Å². The van der Waals surface area contributed by atoms with Crippen LogP contribution in [0.3, 0.4) is 0 Å². The third-order valence-corrected chi connectivity index (χ3v) is 3.71. The predicted octanol–water partition coefficient (Wildman–Crippen LogP) is 4.46. The number of rotatable bonds is 7. The standard InChI is InChI=1S/C14H21Cl2NO/c1-4-6-13(18-3)14(17-5-2)10-7-8-11(15)12(16)9-10/h7-9,13-14,17H,4-6H2,1-3H3. The Morgan fingerprint density at radius 2 is 1.94 bits per heavy atom. The van der Waals surface area contributed by atoms with E-state index in [9.17, 15) is 0 Å². The van der Waals surface area contributed by atoms with Crippen molar-refractivity contribution in [1.29, 1.82) is 0 Å². The van der Waals surface area contributed by atoms with Gasteiger partial charge in [-0.15, -0.1) is 0 Å². The number of hydrogen-bond donors (Lipinski definition) is 1. The zero-order valence-electron chi connectivity index (χ0n) is 11.2. The summed E-state index contributed by atoms with van der Waals surface area (Å²) in [5.74, 6) is 0. The third kappa shape index (κ3) is 4.13. The van der Waals surface area contributed by atoms with Crippen molar-refractivity contribution >= 4 is 23.2 Å². The number of nitrogens with one attached hydrogen (secondary N) is 1. The molecule has 0 aliphatic heterocycles. The first kappa shape index (κ1) is 15.8. The molecule has 0 saturated carbocycles. The van der Waals surface area contributed by atoms with Crippen LogP contribution in [0.1, 0.15) is 38.3 Å². The van der Waals surface area contributed by atoms with Crippen LogP contribution >= 0.6 is 23.2 Å². The molecule has 4 heteroatoms. The highest BCUT2D eigenvalue weighted by Crippen LogP contribution is 2.29. The second-order valence-corrected chi connectivity index (χ2v) is 5.09. The summed E-state index contributed by atoms with van der Waals surface area (Å²) in [7, 11) is 1.75. The number of benzene rings is 1. The van der Waals surface area contributed by atoms with Crippen LogP contribution in [0.2, 0.25) is 10.0 Å². The number of hydrogen-bond acceptors (Lipinski definition) is 2. The molecule has 2 nitrogen and oxygen atoms in total. The van der Waals surface area contributed by atoms with Crippen molar-refractivity contribution in [3.63, 3.8) is 0 Å². The van der Waals surface area contributed by atoms with Gasteiger partial charge in [0.05, 0.1) is 22.2 Å². The second-order valence-electron chi connectivity index (χ2n) is 4.27. The van der Waals surface area contributed by atoms with Crippen molar-refractivity contribution in [3.8, 4) is 0 Å². The van der Waals surface area contributed by atoms with Crippen molar-refractivity contribution in [2.24, 2.45) is 0 Å². The maximum atomic E-state index is 6.08. The van der Waals surface area contributed by atoms with Crippen molar-refractivity contribution < 1.29 is 4.74 Å². The summed E-state index contributed by atoms with van der Waals surface area (Å²) >= 11 is 12.0. The molecule has 0 aromatic heterocycles. The first-order chi connectivity index (χ1) is 8.63. The van der Waals surface area contributed by atoms with E-state index in [1.54, 1.807) is 7.11 Å². The van der Waals surface area contributed by atoms with Gasteiger partial charge in [-0.2, -0.15) is 0 Å². The van der Waals surface area contributed by atoms with E-state index in [0.29, 0.717) is 10.0 Å². The lowest BCUT2D eigenvalue weighted by Gasteiger charge is -2.27. The normalized spacial score (nSPS) is 14.5. The number of halogens is 2. The minimum absolute atomic E-state index is 0.146. The number of methoxy groups -OCH3 is 1. The summed E-state index contributed by atoms with van der Waals surface area (Å²) in [5.41, 5.74) is 1.12. The first-order valence-electron chi connectivity index (χ1n) is 6.35. The average molecular weight is 290 g/mol. The van der Waals surface area contributed by atoms with E-state index in [1.165, 1.54) is 0 Å². The van der Waals surface area contributed by atoms with E-state index in [-0.39, 0.29) is 12.1 Å². The van der Waals surface area contributed by atoms with Crippen molar-refractivity contribution in [1.82, 2.24) is 5.32 Å². The summed E-state index contributed by atoms with van der Waals surface area (Å²) < 4.78 is 5.59. The molecule has 0 saturated heterocycles. The van der Waals surface area contributed by atoms with Crippen LogP contribution in [-0.4, -0.2) is 19.8 Å².